The number of nitrogens with one attached hydrogen (secondary N) is 2. The van der Waals surface area contributed by atoms with E-state index in [1.54, 1.807) is 19.1 Å². The van der Waals surface area contributed by atoms with Crippen LogP contribution in [0.25, 0.3) is 6.08 Å². The first-order valence-corrected chi connectivity index (χ1v) is 11.4. The monoisotopic (exact) mass is 507 g/mol. The summed E-state index contributed by atoms with van der Waals surface area (Å²) in [6.45, 7) is 1.84. The summed E-state index contributed by atoms with van der Waals surface area (Å²) in [6.07, 6.45) is 1.38. The summed E-state index contributed by atoms with van der Waals surface area (Å²) in [5.74, 6) is -1.38. The van der Waals surface area contributed by atoms with Gasteiger partial charge in [-0.3, -0.25) is 9.59 Å². The van der Waals surface area contributed by atoms with Crippen molar-refractivity contribution in [3.63, 3.8) is 0 Å². The van der Waals surface area contributed by atoms with Gasteiger partial charge in [0.1, 0.15) is 17.5 Å². The van der Waals surface area contributed by atoms with Gasteiger partial charge in [-0.2, -0.15) is 5.26 Å². The van der Waals surface area contributed by atoms with E-state index in [9.17, 15) is 19.2 Å². The fraction of sp³-hybridized carbons (Fsp3) is 0.148. The van der Waals surface area contributed by atoms with Crippen LogP contribution in [0.4, 0.5) is 10.1 Å². The van der Waals surface area contributed by atoms with E-state index < -0.39 is 24.2 Å². The van der Waals surface area contributed by atoms with Crippen LogP contribution in [0, 0.1) is 17.1 Å². The highest BCUT2D eigenvalue weighted by Crippen LogP contribution is 2.37. The molecule has 2 amide bonds. The Morgan fingerprint density at radius 3 is 2.50 bits per heavy atom. The minimum absolute atomic E-state index is 0.0253. The number of ether oxygens (including phenoxy) is 2. The van der Waals surface area contributed by atoms with Crippen LogP contribution in [-0.4, -0.2) is 25.0 Å². The highest BCUT2D eigenvalue weighted by Gasteiger charge is 2.16. The maximum absolute atomic E-state index is 13.8. The topological polar surface area (TPSA) is 100 Å². The van der Waals surface area contributed by atoms with E-state index >= 15 is 0 Å². The van der Waals surface area contributed by atoms with Gasteiger partial charge >= 0.3 is 0 Å². The van der Waals surface area contributed by atoms with Gasteiger partial charge < -0.3 is 20.1 Å². The minimum atomic E-state index is -0.593. The average Bonchev–Trinajstić information content (AvgIpc) is 2.87. The molecule has 0 fully saturated rings. The Bertz CT molecular complexity index is 1310. The van der Waals surface area contributed by atoms with Crippen molar-refractivity contribution in [3.8, 4) is 17.6 Å². The van der Waals surface area contributed by atoms with Gasteiger partial charge in [0.2, 0.25) is 0 Å². The first kappa shape index (κ1) is 26.3. The van der Waals surface area contributed by atoms with E-state index in [0.717, 1.165) is 5.56 Å². The molecule has 0 aromatic heterocycles. The van der Waals surface area contributed by atoms with Gasteiger partial charge in [0.15, 0.2) is 18.1 Å². The van der Waals surface area contributed by atoms with Crippen molar-refractivity contribution in [2.24, 2.45) is 0 Å². The molecule has 2 N–H and O–H groups in total. The van der Waals surface area contributed by atoms with Crippen molar-refractivity contribution in [3.05, 3.63) is 94.3 Å². The lowest BCUT2D eigenvalue weighted by molar-refractivity contribution is -0.118. The molecule has 36 heavy (non-hydrogen) atoms. The van der Waals surface area contributed by atoms with E-state index in [1.165, 1.54) is 30.3 Å². The number of anilines is 1. The number of nitrogens with zero attached hydrogens (tertiary/aromatic N) is 1. The molecule has 0 saturated carbocycles. The van der Waals surface area contributed by atoms with Crippen LogP contribution in [0.15, 0.2) is 72.3 Å². The first-order chi connectivity index (χ1) is 17.4. The number of hydrogen-bond donors (Lipinski definition) is 2. The van der Waals surface area contributed by atoms with E-state index in [0.29, 0.717) is 5.56 Å². The molecule has 0 bridgehead atoms. The molecule has 0 aliphatic heterocycles. The lowest BCUT2D eigenvalue weighted by Gasteiger charge is -2.15. The van der Waals surface area contributed by atoms with Crippen molar-refractivity contribution in [2.75, 3.05) is 18.5 Å². The SMILES string of the molecule is CCOc1cc(/C=C(\C#N)C(=O)NCc2ccccc2)cc(Cl)c1OCC(=O)Nc1ccccc1F. The molecular formula is C27H23ClFN3O4. The maximum Gasteiger partial charge on any atom is 0.262 e. The van der Waals surface area contributed by atoms with Gasteiger partial charge in [0.25, 0.3) is 11.8 Å². The number of benzene rings is 3. The highest BCUT2D eigenvalue weighted by molar-refractivity contribution is 6.32. The van der Waals surface area contributed by atoms with Crippen molar-refractivity contribution >= 4 is 35.2 Å². The zero-order valence-corrected chi connectivity index (χ0v) is 20.1. The Morgan fingerprint density at radius 1 is 1.08 bits per heavy atom. The van der Waals surface area contributed by atoms with Crippen molar-refractivity contribution in [2.45, 2.75) is 13.5 Å². The zero-order valence-electron chi connectivity index (χ0n) is 19.4. The largest absolute Gasteiger partial charge is 0.490 e. The van der Waals surface area contributed by atoms with E-state index in [1.807, 2.05) is 36.4 Å². The number of carbonyl (C=O) groups excluding carboxylic acids is 2. The normalized spacial score (nSPS) is 10.8. The number of rotatable bonds is 10. The average molecular weight is 508 g/mol. The number of para-hydroxylation sites is 1. The summed E-state index contributed by atoms with van der Waals surface area (Å²) < 4.78 is 24.9. The molecule has 7 nitrogen and oxygen atoms in total. The summed E-state index contributed by atoms with van der Waals surface area (Å²) in [7, 11) is 0. The molecule has 0 unspecified atom stereocenters. The van der Waals surface area contributed by atoms with Gasteiger partial charge in [-0.15, -0.1) is 0 Å². The summed E-state index contributed by atoms with van der Waals surface area (Å²) >= 11 is 6.38. The number of halogens is 2. The second kappa shape index (κ2) is 12.9. The number of carbonyl (C=O) groups is 2. The first-order valence-electron chi connectivity index (χ1n) is 11.0. The Hall–Kier alpha value is -4.35. The van der Waals surface area contributed by atoms with Crippen LogP contribution in [0.5, 0.6) is 11.5 Å². The van der Waals surface area contributed by atoms with Crippen LogP contribution >= 0.6 is 11.6 Å². The number of nitriles is 1. The second-order valence-corrected chi connectivity index (χ2v) is 7.82. The molecule has 9 heteroatoms. The van der Waals surface area contributed by atoms with Crippen LogP contribution in [0.2, 0.25) is 5.02 Å². The van der Waals surface area contributed by atoms with Gasteiger partial charge in [0, 0.05) is 6.54 Å². The van der Waals surface area contributed by atoms with Gasteiger partial charge in [-0.25, -0.2) is 4.39 Å². The molecule has 0 atom stereocenters. The summed E-state index contributed by atoms with van der Waals surface area (Å²) in [5, 5.41) is 14.7. The maximum atomic E-state index is 13.8. The van der Waals surface area contributed by atoms with Crippen LogP contribution in [-0.2, 0) is 16.1 Å². The Morgan fingerprint density at radius 2 is 1.81 bits per heavy atom. The van der Waals surface area contributed by atoms with Crippen molar-refractivity contribution in [1.82, 2.24) is 5.32 Å². The van der Waals surface area contributed by atoms with Crippen LogP contribution < -0.4 is 20.1 Å². The molecule has 0 heterocycles. The lowest BCUT2D eigenvalue weighted by atomic mass is 10.1. The van der Waals surface area contributed by atoms with E-state index in [2.05, 4.69) is 10.6 Å². The number of hydrogen-bond acceptors (Lipinski definition) is 5. The second-order valence-electron chi connectivity index (χ2n) is 7.42. The van der Waals surface area contributed by atoms with Gasteiger partial charge in [0.05, 0.1) is 17.3 Å². The smallest absolute Gasteiger partial charge is 0.262 e. The predicted molar refractivity (Wildman–Crippen MR) is 135 cm³/mol. The highest BCUT2D eigenvalue weighted by atomic mass is 35.5. The Labute approximate surface area is 213 Å². The summed E-state index contributed by atoms with van der Waals surface area (Å²) in [5.41, 5.74) is 1.23. The van der Waals surface area contributed by atoms with Crippen molar-refractivity contribution in [1.29, 1.82) is 5.26 Å². The Kier molecular flexibility index (Phi) is 9.43. The molecule has 3 rings (SSSR count). The lowest BCUT2D eigenvalue weighted by Crippen LogP contribution is -2.23. The van der Waals surface area contributed by atoms with Gasteiger partial charge in [-0.1, -0.05) is 54.1 Å². The Balaban J connectivity index is 1.73. The quantitative estimate of drug-likeness (QED) is 0.293. The van der Waals surface area contributed by atoms with E-state index in [-0.39, 0.29) is 40.9 Å². The fourth-order valence-electron chi connectivity index (χ4n) is 3.15. The third-order valence-corrected chi connectivity index (χ3v) is 5.08. The molecule has 3 aromatic carbocycles. The molecule has 0 saturated heterocycles. The van der Waals surface area contributed by atoms with Crippen LogP contribution in [0.1, 0.15) is 18.1 Å². The molecule has 184 valence electrons. The van der Waals surface area contributed by atoms with Gasteiger partial charge in [-0.05, 0) is 48.4 Å². The summed E-state index contributed by atoms with van der Waals surface area (Å²) in [4.78, 5) is 24.7. The fourth-order valence-corrected chi connectivity index (χ4v) is 3.42. The van der Waals surface area contributed by atoms with Crippen LogP contribution in [0.3, 0.4) is 0 Å². The third kappa shape index (κ3) is 7.32. The molecule has 0 radical (unpaired) electrons. The van der Waals surface area contributed by atoms with Crippen molar-refractivity contribution < 1.29 is 23.5 Å². The summed E-state index contributed by atoms with van der Waals surface area (Å²) in [6, 6.07) is 20.0. The molecular weight excluding hydrogens is 485 g/mol. The third-order valence-electron chi connectivity index (χ3n) is 4.80. The molecule has 3 aromatic rings. The zero-order chi connectivity index (χ0) is 25.9. The molecule has 0 spiro atoms. The molecule has 0 aliphatic rings. The minimum Gasteiger partial charge on any atom is -0.490 e. The standard InChI is InChI=1S/C27H23ClFN3O4/c1-2-35-24-14-19(12-20(15-30)27(34)31-16-18-8-4-3-5-9-18)13-21(28)26(24)36-17-25(33)32-23-11-7-6-10-22(23)29/h3-14H,2,16-17H2,1H3,(H,31,34)(H,32,33)/b20-12+. The van der Waals surface area contributed by atoms with E-state index in [4.69, 9.17) is 21.1 Å². The predicted octanol–water partition coefficient (Wildman–Crippen LogP) is 5.12. The molecule has 0 aliphatic carbocycles. The number of amides is 2.